The Morgan fingerprint density at radius 1 is 0.463 bits per heavy atom. The molecule has 1 unspecified atom stereocenters. The fraction of sp³-hybridized carbons (Fsp3) is 0.122. The van der Waals surface area contributed by atoms with Gasteiger partial charge in [-0.05, 0) is 193 Å². The van der Waals surface area contributed by atoms with Crippen LogP contribution in [0.3, 0.4) is 0 Å². The highest BCUT2D eigenvalue weighted by molar-refractivity contribution is 6.35. The molecule has 5 aromatic carbocycles. The summed E-state index contributed by atoms with van der Waals surface area (Å²) >= 11 is 6.29. The molecule has 30 nitrogen and oxygen atoms in total. The Bertz CT molecular complexity index is 7190. The van der Waals surface area contributed by atoms with Gasteiger partial charge in [-0.2, -0.15) is 20.7 Å². The number of aromatic nitrogens is 20. The Balaban J connectivity index is 0.000000112. The number of ether oxygens (including phenoxy) is 1. The molecule has 0 saturated carbocycles. The maximum atomic E-state index is 9.32. The second kappa shape index (κ2) is 34.3. The van der Waals surface area contributed by atoms with Gasteiger partial charge < -0.3 is 47.2 Å². The zero-order chi connectivity index (χ0) is 84.0. The van der Waals surface area contributed by atoms with Gasteiger partial charge in [0.15, 0.2) is 46.2 Å². The Morgan fingerprint density at radius 2 is 1.07 bits per heavy atom. The molecule has 1 saturated heterocycles. The van der Waals surface area contributed by atoms with Gasteiger partial charge in [0.1, 0.15) is 81.2 Å². The van der Waals surface area contributed by atoms with Gasteiger partial charge in [0, 0.05) is 99.3 Å². The summed E-state index contributed by atoms with van der Waals surface area (Å²) in [5.74, 6) is 5.13. The van der Waals surface area contributed by atoms with E-state index in [1.54, 1.807) is 78.9 Å². The van der Waals surface area contributed by atoms with Gasteiger partial charge in [-0.25, -0.2) is 59.2 Å². The van der Waals surface area contributed by atoms with Crippen LogP contribution < -0.4 is 28.7 Å². The van der Waals surface area contributed by atoms with E-state index in [1.807, 2.05) is 167 Å². The molecule has 1 fully saturated rings. The molecule has 19 aromatic rings. The predicted octanol–water partition coefficient (Wildman–Crippen LogP) is 17.1. The number of imidazole rings is 1. The fourth-order valence-electron chi connectivity index (χ4n) is 14.0. The number of pyridine rings is 4. The molecule has 1 aliphatic heterocycles. The third kappa shape index (κ3) is 16.8. The van der Waals surface area contributed by atoms with Crippen LogP contribution in [0.25, 0.3) is 145 Å². The Hall–Kier alpha value is -16.2. The lowest BCUT2D eigenvalue weighted by atomic mass is 9.99. The normalized spacial score (nSPS) is 12.3. The van der Waals surface area contributed by atoms with Gasteiger partial charge in [-0.1, -0.05) is 48.0 Å². The summed E-state index contributed by atoms with van der Waals surface area (Å²) in [7, 11) is 0. The van der Waals surface area contributed by atoms with Crippen LogP contribution in [0.4, 0.5) is 29.1 Å². The molecular weight excluding hydrogens is 1540 g/mol. The lowest BCUT2D eigenvalue weighted by molar-refractivity contribution is 0.0126. The number of nitrogens with two attached hydrogens (primary N) is 5. The van der Waals surface area contributed by atoms with E-state index in [4.69, 9.17) is 53.8 Å². The van der Waals surface area contributed by atoms with Crippen LogP contribution in [0, 0.1) is 64.2 Å². The lowest BCUT2D eigenvalue weighted by Crippen LogP contribution is -2.15. The van der Waals surface area contributed by atoms with Crippen LogP contribution in [-0.4, -0.2) is 106 Å². The number of aryl methyl sites for hydroxylation is 6. The Kier molecular flexibility index (Phi) is 22.3. The monoisotopic (exact) mass is 1620 g/mol. The number of nitrogen functional groups attached to an aromatic ring is 5. The average Bonchev–Trinajstić information content (AvgIpc) is 1.75. The summed E-state index contributed by atoms with van der Waals surface area (Å²) in [5, 5.41) is 31.8. The first kappa shape index (κ1) is 78.7. The van der Waals surface area contributed by atoms with Crippen molar-refractivity contribution in [3.05, 3.63) is 276 Å². The Labute approximate surface area is 696 Å². The predicted molar refractivity (Wildman–Crippen MR) is 465 cm³/mol. The number of nitrogens with one attached hydrogen (secondary N) is 1. The van der Waals surface area contributed by atoms with E-state index in [1.165, 1.54) is 10.2 Å². The highest BCUT2D eigenvalue weighted by atomic mass is 35.5. The van der Waals surface area contributed by atoms with Crippen molar-refractivity contribution in [2.24, 2.45) is 0 Å². The first-order chi connectivity index (χ1) is 58.8. The second-order valence-corrected chi connectivity index (χ2v) is 28.6. The van der Waals surface area contributed by atoms with E-state index in [0.717, 1.165) is 148 Å². The molecule has 121 heavy (non-hydrogen) atoms. The number of fused-ring (bicyclic) bond motifs is 5. The molecule has 594 valence electrons. The number of furan rings is 2. The zero-order valence-electron chi connectivity index (χ0n) is 66.1. The van der Waals surface area contributed by atoms with Gasteiger partial charge in [0.2, 0.25) is 0 Å². The SMILES string of the molecule is Cc1ccc(-c2nc(N)cnc2-c2ccc3nccc(C)c3c2)o1.Cc1ccc(-c2nc(N)cnc2-c2ccc3ncccc3c2C)o1.Cc1ccn(-c2nc(N)c(C#N)nc2-c2cc(C)c3ncccc3c2)n1.N#Cc1nc(-c2cc(Cl)c3nc[nH]c3c2)c(-n2cccn2)nc1N.Nc1cnc(-c2ccc3ncccc3c2)c(C2CCCCO2)n1. The number of aromatic amines is 1. The van der Waals surface area contributed by atoms with Crippen molar-refractivity contribution < 1.29 is 13.6 Å². The molecule has 14 aromatic heterocycles. The summed E-state index contributed by atoms with van der Waals surface area (Å²) in [4.78, 5) is 69.2. The van der Waals surface area contributed by atoms with Crippen molar-refractivity contribution in [1.82, 2.24) is 99.3 Å². The maximum Gasteiger partial charge on any atom is 0.183 e. The van der Waals surface area contributed by atoms with Crippen molar-refractivity contribution in [2.45, 2.75) is 66.9 Å². The molecule has 0 bridgehead atoms. The first-order valence-corrected chi connectivity index (χ1v) is 38.5. The van der Waals surface area contributed by atoms with Crippen LogP contribution >= 0.6 is 11.6 Å². The standard InChI is InChI=1S/C19H15N7.2C19H16N4O.C18H18N4O.C15H9ClN8/c1-11-8-14(9-13-4-3-6-22-16(11)13)17-19(26-7-5-12(2)25-26)24-18(21)15(10-20)23-17;1-11-7-8-21-15-5-4-13(9-14(11)15)18-19(23-17(20)10-22-18)16-6-3-12(2)24-16;1-11-5-8-16(24-11)19-18(22-10-17(20)23-19)14-6-7-15-13(12(14)2)4-3-9-21-15;19-16-11-21-17(18(22-16)15-5-1-2-9-23-15)13-6-7-14-12(10-13)4-3-8-20-14;16-9-4-8(5-10-13(9)20-7-19-10)12-15(24-3-1-2-21-24)23-14(18)11(6-17)22-12/h3-9H,1-2H3,(H2,21,24);2*3-10H,1-2H3,(H2,20,23);3-4,6-8,10-11,15H,1-2,5,9H2,(H2,19,22);1-5,7H,(H2,18,23)(H,19,20). The number of H-pyrrole nitrogens is 1. The number of hydrogen-bond donors (Lipinski definition) is 6. The van der Waals surface area contributed by atoms with E-state index in [9.17, 15) is 10.5 Å². The van der Waals surface area contributed by atoms with Crippen molar-refractivity contribution in [3.8, 4) is 103 Å². The number of rotatable bonds is 10. The van der Waals surface area contributed by atoms with E-state index in [0.29, 0.717) is 79.5 Å². The number of nitrogens with zero attached hydrogens (tertiary/aromatic N) is 21. The van der Waals surface area contributed by atoms with Crippen LogP contribution in [0.2, 0.25) is 5.02 Å². The van der Waals surface area contributed by atoms with E-state index in [-0.39, 0.29) is 29.1 Å². The minimum Gasteiger partial charge on any atom is -0.460 e. The topological polar surface area (TPSA) is 458 Å². The average molecular weight is 1620 g/mol. The third-order valence-electron chi connectivity index (χ3n) is 19.9. The molecule has 0 spiro atoms. The quantitative estimate of drug-likeness (QED) is 0.0740. The molecule has 11 N–H and O–H groups in total. The lowest BCUT2D eigenvalue weighted by Gasteiger charge is -2.23. The molecule has 1 atom stereocenters. The number of hydrogen-bond acceptors (Lipinski definition) is 27. The maximum absolute atomic E-state index is 9.32. The molecule has 1 aliphatic rings. The molecule has 15 heterocycles. The van der Waals surface area contributed by atoms with Crippen LogP contribution in [0.15, 0.2) is 229 Å². The number of nitriles is 2. The summed E-state index contributed by atoms with van der Waals surface area (Å²) < 4.78 is 20.5. The van der Waals surface area contributed by atoms with Crippen molar-refractivity contribution in [2.75, 3.05) is 35.3 Å². The van der Waals surface area contributed by atoms with Crippen LogP contribution in [0.1, 0.15) is 76.4 Å². The zero-order valence-corrected chi connectivity index (χ0v) is 66.8. The number of halogens is 1. The Morgan fingerprint density at radius 3 is 1.73 bits per heavy atom. The largest absolute Gasteiger partial charge is 0.460 e. The number of anilines is 5. The van der Waals surface area contributed by atoms with Crippen molar-refractivity contribution >= 4 is 95.3 Å². The second-order valence-electron chi connectivity index (χ2n) is 28.2. The highest BCUT2D eigenvalue weighted by Gasteiger charge is 2.26. The van der Waals surface area contributed by atoms with Crippen LogP contribution in [0.5, 0.6) is 0 Å². The fourth-order valence-corrected chi connectivity index (χ4v) is 14.3. The molecule has 0 amide bonds. The summed E-state index contributed by atoms with van der Waals surface area (Å²) in [6, 6.07) is 52.7. The summed E-state index contributed by atoms with van der Waals surface area (Å²) in [6.45, 7) is 12.6. The van der Waals surface area contributed by atoms with Gasteiger partial charge in [0.25, 0.3) is 0 Å². The van der Waals surface area contributed by atoms with Crippen molar-refractivity contribution in [1.29, 1.82) is 10.5 Å². The minimum atomic E-state index is -0.0284. The molecular formula is C90H74ClN27O3. The third-order valence-corrected chi connectivity index (χ3v) is 20.1. The van der Waals surface area contributed by atoms with E-state index in [2.05, 4.69) is 122 Å². The minimum absolute atomic E-state index is 0.0284. The molecule has 0 radical (unpaired) electrons. The van der Waals surface area contributed by atoms with Gasteiger partial charge in [0.05, 0.1) is 80.3 Å². The molecule has 31 heteroatoms. The first-order valence-electron chi connectivity index (χ1n) is 38.1. The smallest absolute Gasteiger partial charge is 0.183 e. The molecule has 0 aliphatic carbocycles. The van der Waals surface area contributed by atoms with Gasteiger partial charge in [-0.3, -0.25) is 24.9 Å². The molecule has 20 rings (SSSR count). The van der Waals surface area contributed by atoms with Gasteiger partial charge >= 0.3 is 0 Å². The van der Waals surface area contributed by atoms with Crippen LogP contribution in [-0.2, 0) is 4.74 Å². The van der Waals surface area contributed by atoms with Gasteiger partial charge in [-0.15, -0.1) is 0 Å². The summed E-state index contributed by atoms with van der Waals surface area (Å²) in [5.41, 5.74) is 48.7. The highest BCUT2D eigenvalue weighted by Crippen LogP contribution is 2.40. The number of benzene rings is 5. The van der Waals surface area contributed by atoms with E-state index < -0.39 is 0 Å². The van der Waals surface area contributed by atoms with E-state index >= 15 is 0 Å². The summed E-state index contributed by atoms with van der Waals surface area (Å²) in [6.07, 6.45) is 21.8. The van der Waals surface area contributed by atoms with Crippen molar-refractivity contribution in [3.63, 3.8) is 0 Å².